The molecular weight excluding hydrogens is 244 g/mol. The van der Waals surface area contributed by atoms with Crippen LogP contribution < -0.4 is 5.32 Å². The molecule has 2 nitrogen and oxygen atoms in total. The lowest BCUT2D eigenvalue weighted by atomic mass is 9.98. The molecule has 0 radical (unpaired) electrons. The fourth-order valence-electron chi connectivity index (χ4n) is 3.11. The van der Waals surface area contributed by atoms with E-state index in [4.69, 9.17) is 0 Å². The summed E-state index contributed by atoms with van der Waals surface area (Å²) in [5.41, 5.74) is 1.46. The topological polar surface area (TPSA) is 15.3 Å². The molecule has 0 saturated carbocycles. The summed E-state index contributed by atoms with van der Waals surface area (Å²) in [4.78, 5) is 2.53. The molecule has 2 atom stereocenters. The molecule has 2 rings (SSSR count). The molecule has 0 aliphatic carbocycles. The zero-order chi connectivity index (χ0) is 14.2. The average Bonchev–Trinajstić information content (AvgIpc) is 2.49. The van der Waals surface area contributed by atoms with Crippen LogP contribution in [-0.4, -0.2) is 37.1 Å². The highest BCUT2D eigenvalue weighted by atomic mass is 15.1. The molecule has 1 saturated heterocycles. The largest absolute Gasteiger partial charge is 0.314 e. The van der Waals surface area contributed by atoms with E-state index in [0.29, 0.717) is 6.04 Å². The van der Waals surface area contributed by atoms with Crippen molar-refractivity contribution in [3.05, 3.63) is 35.9 Å². The van der Waals surface area contributed by atoms with Gasteiger partial charge < -0.3 is 10.2 Å². The van der Waals surface area contributed by atoms with Crippen molar-refractivity contribution in [2.75, 3.05) is 20.1 Å². The SMILES string of the molecule is CC(CC1CCCCN1)N(C)CCCc1ccccc1. The monoisotopic (exact) mass is 274 g/mol. The molecule has 20 heavy (non-hydrogen) atoms. The Balaban J connectivity index is 1.64. The Morgan fingerprint density at radius 2 is 2.05 bits per heavy atom. The van der Waals surface area contributed by atoms with E-state index in [1.165, 1.54) is 57.2 Å². The maximum Gasteiger partial charge on any atom is 0.00818 e. The lowest BCUT2D eigenvalue weighted by Gasteiger charge is -2.31. The quantitative estimate of drug-likeness (QED) is 0.819. The van der Waals surface area contributed by atoms with Gasteiger partial charge in [-0.05, 0) is 64.7 Å². The van der Waals surface area contributed by atoms with E-state index in [0.717, 1.165) is 6.04 Å². The summed E-state index contributed by atoms with van der Waals surface area (Å²) in [5, 5.41) is 3.66. The predicted molar refractivity (Wildman–Crippen MR) is 87.1 cm³/mol. The van der Waals surface area contributed by atoms with Crippen molar-refractivity contribution < 1.29 is 0 Å². The Morgan fingerprint density at radius 1 is 1.25 bits per heavy atom. The van der Waals surface area contributed by atoms with Crippen molar-refractivity contribution in [1.29, 1.82) is 0 Å². The standard InChI is InChI=1S/C18H30N2/c1-16(15-18-12-6-7-13-19-18)20(2)14-8-11-17-9-4-3-5-10-17/h3-5,9-10,16,18-19H,6-8,11-15H2,1-2H3. The third-order valence-electron chi connectivity index (χ3n) is 4.61. The lowest BCUT2D eigenvalue weighted by Crippen LogP contribution is -2.40. The minimum absolute atomic E-state index is 0.682. The van der Waals surface area contributed by atoms with Crippen molar-refractivity contribution in [2.24, 2.45) is 0 Å². The first-order chi connectivity index (χ1) is 9.75. The summed E-state index contributed by atoms with van der Waals surface area (Å²) in [6.07, 6.45) is 7.87. The van der Waals surface area contributed by atoms with Crippen LogP contribution >= 0.6 is 0 Å². The first-order valence-corrected chi connectivity index (χ1v) is 8.23. The second kappa shape index (κ2) is 8.43. The smallest absolute Gasteiger partial charge is 0.00818 e. The van der Waals surface area contributed by atoms with Gasteiger partial charge in [0.25, 0.3) is 0 Å². The number of piperidine rings is 1. The highest BCUT2D eigenvalue weighted by Gasteiger charge is 2.17. The van der Waals surface area contributed by atoms with E-state index in [9.17, 15) is 0 Å². The van der Waals surface area contributed by atoms with Crippen molar-refractivity contribution in [3.63, 3.8) is 0 Å². The van der Waals surface area contributed by atoms with Crippen LogP contribution in [0.3, 0.4) is 0 Å². The van der Waals surface area contributed by atoms with E-state index < -0.39 is 0 Å². The Bertz CT molecular complexity index is 357. The van der Waals surface area contributed by atoms with E-state index in [2.05, 4.69) is 54.5 Å². The van der Waals surface area contributed by atoms with Gasteiger partial charge in [-0.25, -0.2) is 0 Å². The van der Waals surface area contributed by atoms with Crippen LogP contribution in [-0.2, 0) is 6.42 Å². The van der Waals surface area contributed by atoms with E-state index in [-0.39, 0.29) is 0 Å². The molecule has 0 amide bonds. The van der Waals surface area contributed by atoms with Crippen LogP contribution in [0.2, 0.25) is 0 Å². The van der Waals surface area contributed by atoms with Gasteiger partial charge in [-0.3, -0.25) is 0 Å². The number of hydrogen-bond acceptors (Lipinski definition) is 2. The molecule has 1 heterocycles. The normalized spacial score (nSPS) is 21.1. The van der Waals surface area contributed by atoms with Crippen LogP contribution in [0, 0.1) is 0 Å². The summed E-state index contributed by atoms with van der Waals surface area (Å²) < 4.78 is 0. The Kier molecular flexibility index (Phi) is 6.55. The van der Waals surface area contributed by atoms with Gasteiger partial charge in [-0.1, -0.05) is 36.8 Å². The molecule has 0 spiro atoms. The van der Waals surface area contributed by atoms with Crippen molar-refractivity contribution in [1.82, 2.24) is 10.2 Å². The second-order valence-corrected chi connectivity index (χ2v) is 6.30. The highest BCUT2D eigenvalue weighted by molar-refractivity contribution is 5.14. The van der Waals surface area contributed by atoms with Crippen LogP contribution in [0.4, 0.5) is 0 Å². The lowest BCUT2D eigenvalue weighted by molar-refractivity contribution is 0.214. The minimum Gasteiger partial charge on any atom is -0.314 e. The second-order valence-electron chi connectivity index (χ2n) is 6.30. The van der Waals surface area contributed by atoms with Crippen molar-refractivity contribution in [3.8, 4) is 0 Å². The van der Waals surface area contributed by atoms with Gasteiger partial charge >= 0.3 is 0 Å². The maximum absolute atomic E-state index is 3.66. The van der Waals surface area contributed by atoms with Gasteiger partial charge in [0.2, 0.25) is 0 Å². The fraction of sp³-hybridized carbons (Fsp3) is 0.667. The third kappa shape index (κ3) is 5.26. The molecular formula is C18H30N2. The van der Waals surface area contributed by atoms with Crippen LogP contribution in [0.5, 0.6) is 0 Å². The van der Waals surface area contributed by atoms with Crippen molar-refractivity contribution >= 4 is 0 Å². The molecule has 1 N–H and O–H groups in total. The van der Waals surface area contributed by atoms with E-state index >= 15 is 0 Å². The fourth-order valence-corrected chi connectivity index (χ4v) is 3.11. The molecule has 2 heteroatoms. The van der Waals surface area contributed by atoms with Crippen molar-refractivity contribution in [2.45, 2.75) is 57.5 Å². The predicted octanol–water partition coefficient (Wildman–Crippen LogP) is 3.47. The first kappa shape index (κ1) is 15.5. The summed E-state index contributed by atoms with van der Waals surface area (Å²) >= 11 is 0. The first-order valence-electron chi connectivity index (χ1n) is 8.23. The van der Waals surface area contributed by atoms with Crippen LogP contribution in [0.1, 0.15) is 44.6 Å². The van der Waals surface area contributed by atoms with Crippen LogP contribution in [0.15, 0.2) is 30.3 Å². The summed E-state index contributed by atoms with van der Waals surface area (Å²) in [7, 11) is 2.28. The third-order valence-corrected chi connectivity index (χ3v) is 4.61. The Labute approximate surface area is 124 Å². The van der Waals surface area contributed by atoms with Gasteiger partial charge in [0.1, 0.15) is 0 Å². The molecule has 0 aromatic heterocycles. The van der Waals surface area contributed by atoms with Gasteiger partial charge in [-0.15, -0.1) is 0 Å². The molecule has 112 valence electrons. The van der Waals surface area contributed by atoms with E-state index in [1.54, 1.807) is 0 Å². The number of nitrogens with zero attached hydrogens (tertiary/aromatic N) is 1. The Hall–Kier alpha value is -0.860. The maximum atomic E-state index is 3.66. The van der Waals surface area contributed by atoms with Gasteiger partial charge in [0, 0.05) is 12.1 Å². The molecule has 1 aliphatic heterocycles. The average molecular weight is 274 g/mol. The van der Waals surface area contributed by atoms with E-state index in [1.807, 2.05) is 0 Å². The molecule has 1 aromatic rings. The number of hydrogen-bond donors (Lipinski definition) is 1. The minimum atomic E-state index is 0.682. The number of nitrogens with one attached hydrogen (secondary N) is 1. The molecule has 1 fully saturated rings. The van der Waals surface area contributed by atoms with Gasteiger partial charge in [-0.2, -0.15) is 0 Å². The highest BCUT2D eigenvalue weighted by Crippen LogP contribution is 2.14. The zero-order valence-corrected chi connectivity index (χ0v) is 13.1. The van der Waals surface area contributed by atoms with Gasteiger partial charge in [0.05, 0.1) is 0 Å². The number of benzene rings is 1. The molecule has 1 aromatic carbocycles. The molecule has 2 unspecified atom stereocenters. The number of rotatable bonds is 7. The summed E-state index contributed by atoms with van der Waals surface area (Å²) in [6, 6.07) is 12.3. The molecule has 0 bridgehead atoms. The summed E-state index contributed by atoms with van der Waals surface area (Å²) in [5.74, 6) is 0. The zero-order valence-electron chi connectivity index (χ0n) is 13.1. The molecule has 1 aliphatic rings. The Morgan fingerprint density at radius 3 is 2.75 bits per heavy atom. The van der Waals surface area contributed by atoms with Gasteiger partial charge in [0.15, 0.2) is 0 Å². The van der Waals surface area contributed by atoms with Crippen LogP contribution in [0.25, 0.3) is 0 Å². The summed E-state index contributed by atoms with van der Waals surface area (Å²) in [6.45, 7) is 4.79. The number of aryl methyl sites for hydroxylation is 1.